The fraction of sp³-hybridized carbons (Fsp3) is 0. The molecule has 0 aliphatic carbocycles. The Balaban J connectivity index is 1.47. The molecule has 0 bridgehead atoms. The van der Waals surface area contributed by atoms with Crippen LogP contribution in [0.2, 0.25) is 0 Å². The molecule has 7 rings (SSSR count). The molecule has 168 valence electrons. The van der Waals surface area contributed by atoms with Crippen molar-refractivity contribution in [2.24, 2.45) is 0 Å². The molecule has 7 aromatic rings. The summed E-state index contributed by atoms with van der Waals surface area (Å²) in [5.41, 5.74) is 8.99. The van der Waals surface area contributed by atoms with E-state index in [-0.39, 0.29) is 0 Å². The molecule has 0 aliphatic rings. The third-order valence-corrected chi connectivity index (χ3v) is 6.72. The van der Waals surface area contributed by atoms with Crippen LogP contribution in [-0.4, -0.2) is 15.0 Å². The number of benzene rings is 5. The van der Waals surface area contributed by atoms with Gasteiger partial charge in [0, 0.05) is 28.1 Å². The Kier molecular flexibility index (Phi) is 4.78. The summed E-state index contributed by atoms with van der Waals surface area (Å²) in [6.45, 7) is 0. The monoisotopic (exact) mass is 459 g/mol. The van der Waals surface area contributed by atoms with E-state index in [9.17, 15) is 0 Å². The maximum atomic E-state index is 5.15. The highest BCUT2D eigenvalue weighted by atomic mass is 14.8. The van der Waals surface area contributed by atoms with E-state index in [0.717, 1.165) is 55.2 Å². The zero-order chi connectivity index (χ0) is 23.9. The molecular weight excluding hydrogens is 438 g/mol. The molecule has 5 aromatic carbocycles. The Morgan fingerprint density at radius 1 is 0.417 bits per heavy atom. The molecule has 0 radical (unpaired) electrons. The van der Waals surface area contributed by atoms with Crippen molar-refractivity contribution in [3.8, 4) is 33.6 Å². The predicted molar refractivity (Wildman–Crippen MR) is 149 cm³/mol. The number of pyridine rings is 1. The molecule has 3 heteroatoms. The lowest BCUT2D eigenvalue weighted by Crippen LogP contribution is -1.96. The lowest BCUT2D eigenvalue weighted by molar-refractivity contribution is 1.30. The number of para-hydroxylation sites is 2. The van der Waals surface area contributed by atoms with Crippen LogP contribution in [-0.2, 0) is 0 Å². The summed E-state index contributed by atoms with van der Waals surface area (Å²) in [6, 6.07) is 41.8. The van der Waals surface area contributed by atoms with Crippen molar-refractivity contribution >= 4 is 32.7 Å². The highest BCUT2D eigenvalue weighted by Crippen LogP contribution is 2.37. The van der Waals surface area contributed by atoms with Gasteiger partial charge in [0.25, 0.3) is 0 Å². The number of fused-ring (bicyclic) bond motifs is 4. The topological polar surface area (TPSA) is 38.7 Å². The quantitative estimate of drug-likeness (QED) is 0.249. The lowest BCUT2D eigenvalue weighted by atomic mass is 9.95. The van der Waals surface area contributed by atoms with Crippen LogP contribution < -0.4 is 0 Å². The van der Waals surface area contributed by atoms with Gasteiger partial charge < -0.3 is 0 Å². The second-order valence-electron chi connectivity index (χ2n) is 8.89. The summed E-state index contributed by atoms with van der Waals surface area (Å²) in [6.07, 6.45) is 1.85. The summed E-state index contributed by atoms with van der Waals surface area (Å²) < 4.78 is 0. The zero-order valence-electron chi connectivity index (χ0n) is 19.5. The number of hydrogen-bond acceptors (Lipinski definition) is 3. The molecule has 36 heavy (non-hydrogen) atoms. The standard InChI is InChI=1S/C33H21N3/c1-2-8-22(9-3-1)23-15-17-25(18-16-23)32-33(36-30-14-5-4-13-29(30)35-32)28-12-6-11-27-26(28)20-19-24-10-7-21-34-31(24)27/h1-21H. The van der Waals surface area contributed by atoms with E-state index in [0.29, 0.717) is 0 Å². The third-order valence-electron chi connectivity index (χ3n) is 6.72. The van der Waals surface area contributed by atoms with Gasteiger partial charge in [-0.3, -0.25) is 4.98 Å². The number of hydrogen-bond donors (Lipinski definition) is 0. The van der Waals surface area contributed by atoms with Crippen LogP contribution >= 0.6 is 0 Å². The van der Waals surface area contributed by atoms with Gasteiger partial charge >= 0.3 is 0 Å². The first-order chi connectivity index (χ1) is 17.8. The number of aromatic nitrogens is 3. The molecule has 0 N–H and O–H groups in total. The van der Waals surface area contributed by atoms with E-state index in [4.69, 9.17) is 9.97 Å². The maximum Gasteiger partial charge on any atom is 0.0979 e. The molecule has 0 unspecified atom stereocenters. The molecule has 0 aliphatic heterocycles. The van der Waals surface area contributed by atoms with Crippen LogP contribution in [0, 0.1) is 0 Å². The van der Waals surface area contributed by atoms with Crippen molar-refractivity contribution in [1.82, 2.24) is 15.0 Å². The normalized spacial score (nSPS) is 11.3. The summed E-state index contributed by atoms with van der Waals surface area (Å²) in [7, 11) is 0. The zero-order valence-corrected chi connectivity index (χ0v) is 19.5. The molecule has 2 aromatic heterocycles. The molecule has 0 spiro atoms. The molecule has 3 nitrogen and oxygen atoms in total. The van der Waals surface area contributed by atoms with Crippen LogP contribution in [0.15, 0.2) is 128 Å². The van der Waals surface area contributed by atoms with Crippen molar-refractivity contribution in [3.63, 3.8) is 0 Å². The van der Waals surface area contributed by atoms with E-state index in [1.807, 2.05) is 42.6 Å². The minimum absolute atomic E-state index is 0.877. The summed E-state index contributed by atoms with van der Waals surface area (Å²) in [5.74, 6) is 0. The van der Waals surface area contributed by atoms with Gasteiger partial charge in [0.1, 0.15) is 0 Å². The average Bonchev–Trinajstić information content (AvgIpc) is 2.96. The first kappa shape index (κ1) is 20.5. The second-order valence-corrected chi connectivity index (χ2v) is 8.89. The van der Waals surface area contributed by atoms with Crippen LogP contribution in [0.3, 0.4) is 0 Å². The van der Waals surface area contributed by atoms with Crippen LogP contribution in [0.1, 0.15) is 0 Å². The number of nitrogens with zero attached hydrogens (tertiary/aromatic N) is 3. The second kappa shape index (κ2) is 8.40. The molecule has 0 saturated heterocycles. The summed E-state index contributed by atoms with van der Waals surface area (Å²) >= 11 is 0. The lowest BCUT2D eigenvalue weighted by Gasteiger charge is -2.14. The van der Waals surface area contributed by atoms with E-state index in [2.05, 4.69) is 89.9 Å². The smallest absolute Gasteiger partial charge is 0.0979 e. The minimum Gasteiger partial charge on any atom is -0.256 e. The molecule has 0 amide bonds. The van der Waals surface area contributed by atoms with Crippen molar-refractivity contribution in [2.75, 3.05) is 0 Å². The Morgan fingerprint density at radius 3 is 1.92 bits per heavy atom. The van der Waals surface area contributed by atoms with Gasteiger partial charge in [-0.15, -0.1) is 0 Å². The van der Waals surface area contributed by atoms with Gasteiger partial charge in [-0.2, -0.15) is 0 Å². The Bertz CT molecular complexity index is 1870. The molecule has 0 saturated carbocycles. The van der Waals surface area contributed by atoms with E-state index in [1.54, 1.807) is 0 Å². The van der Waals surface area contributed by atoms with Crippen LogP contribution in [0.5, 0.6) is 0 Å². The Morgan fingerprint density at radius 2 is 1.11 bits per heavy atom. The fourth-order valence-electron chi connectivity index (χ4n) is 4.95. The van der Waals surface area contributed by atoms with Gasteiger partial charge in [0.05, 0.1) is 27.9 Å². The molecular formula is C33H21N3. The van der Waals surface area contributed by atoms with E-state index >= 15 is 0 Å². The largest absolute Gasteiger partial charge is 0.256 e. The SMILES string of the molecule is c1ccc(-c2ccc(-c3nc4ccccc4nc3-c3cccc4c3ccc3cccnc34)cc2)cc1. The van der Waals surface area contributed by atoms with Crippen LogP contribution in [0.4, 0.5) is 0 Å². The van der Waals surface area contributed by atoms with Crippen molar-refractivity contribution in [3.05, 3.63) is 128 Å². The van der Waals surface area contributed by atoms with Gasteiger partial charge in [0.2, 0.25) is 0 Å². The average molecular weight is 460 g/mol. The van der Waals surface area contributed by atoms with Gasteiger partial charge in [0.15, 0.2) is 0 Å². The molecule has 0 fully saturated rings. The van der Waals surface area contributed by atoms with Crippen molar-refractivity contribution in [1.29, 1.82) is 0 Å². The maximum absolute atomic E-state index is 5.15. The first-order valence-corrected chi connectivity index (χ1v) is 12.0. The highest BCUT2D eigenvalue weighted by molar-refractivity contribution is 6.11. The van der Waals surface area contributed by atoms with Crippen molar-refractivity contribution in [2.45, 2.75) is 0 Å². The van der Waals surface area contributed by atoms with Crippen LogP contribution in [0.25, 0.3) is 66.4 Å². The Hall–Kier alpha value is -4.89. The molecule has 0 atom stereocenters. The fourth-order valence-corrected chi connectivity index (χ4v) is 4.95. The third kappa shape index (κ3) is 3.41. The number of rotatable bonds is 3. The first-order valence-electron chi connectivity index (χ1n) is 12.0. The minimum atomic E-state index is 0.877. The van der Waals surface area contributed by atoms with Gasteiger partial charge in [-0.1, -0.05) is 103 Å². The highest BCUT2D eigenvalue weighted by Gasteiger charge is 2.16. The van der Waals surface area contributed by atoms with Gasteiger partial charge in [-0.25, -0.2) is 9.97 Å². The van der Waals surface area contributed by atoms with Gasteiger partial charge in [-0.05, 0) is 34.7 Å². The summed E-state index contributed by atoms with van der Waals surface area (Å²) in [4.78, 5) is 14.9. The summed E-state index contributed by atoms with van der Waals surface area (Å²) in [5, 5.41) is 3.37. The van der Waals surface area contributed by atoms with E-state index < -0.39 is 0 Å². The molecule has 2 heterocycles. The van der Waals surface area contributed by atoms with Crippen molar-refractivity contribution < 1.29 is 0 Å². The predicted octanol–water partition coefficient (Wildman–Crippen LogP) is 8.33. The Labute approximate surface area is 208 Å². The van der Waals surface area contributed by atoms with E-state index in [1.165, 1.54) is 11.1 Å².